The molecule has 0 aliphatic carbocycles. The molecule has 108 valence electrons. The molecule has 0 spiro atoms. The van der Waals surface area contributed by atoms with Crippen molar-refractivity contribution in [1.82, 2.24) is 10.2 Å². The van der Waals surface area contributed by atoms with Crippen LogP contribution in [-0.2, 0) is 9.59 Å². The molecule has 4 amide bonds. The highest BCUT2D eigenvalue weighted by molar-refractivity contribution is 7.80. The zero-order valence-electron chi connectivity index (χ0n) is 10.6. The number of carbonyl (C=O) groups is 4. The molecule has 2 heterocycles. The van der Waals surface area contributed by atoms with Gasteiger partial charge in [0.05, 0.1) is 11.1 Å². The summed E-state index contributed by atoms with van der Waals surface area (Å²) in [4.78, 5) is 48.2. The van der Waals surface area contributed by atoms with Crippen molar-refractivity contribution in [2.75, 3.05) is 0 Å². The Morgan fingerprint density at radius 2 is 1.76 bits per heavy atom. The van der Waals surface area contributed by atoms with Gasteiger partial charge in [0.1, 0.15) is 11.9 Å². The van der Waals surface area contributed by atoms with E-state index in [0.29, 0.717) is 0 Å². The lowest BCUT2D eigenvalue weighted by atomic mass is 10.0. The summed E-state index contributed by atoms with van der Waals surface area (Å²) >= 11 is 3.87. The average molecular weight is 308 g/mol. The number of nitrogens with one attached hydrogen (secondary N) is 1. The number of benzene rings is 1. The van der Waals surface area contributed by atoms with Crippen molar-refractivity contribution in [2.24, 2.45) is 0 Å². The van der Waals surface area contributed by atoms with E-state index in [1.165, 1.54) is 6.07 Å². The Bertz CT molecular complexity index is 677. The van der Waals surface area contributed by atoms with Crippen LogP contribution in [-0.4, -0.2) is 34.6 Å². The molecule has 6 nitrogen and oxygen atoms in total. The van der Waals surface area contributed by atoms with Crippen LogP contribution < -0.4 is 5.32 Å². The first-order valence-corrected chi connectivity index (χ1v) is 6.59. The summed E-state index contributed by atoms with van der Waals surface area (Å²) in [7, 11) is 0. The van der Waals surface area contributed by atoms with Gasteiger partial charge in [0, 0.05) is 11.3 Å². The van der Waals surface area contributed by atoms with Gasteiger partial charge in [-0.2, -0.15) is 0 Å². The molecule has 1 unspecified atom stereocenters. The van der Waals surface area contributed by atoms with Gasteiger partial charge in [0.2, 0.25) is 11.8 Å². The van der Waals surface area contributed by atoms with Crippen LogP contribution in [0.3, 0.4) is 0 Å². The van der Waals surface area contributed by atoms with Crippen LogP contribution in [0, 0.1) is 5.82 Å². The highest BCUT2D eigenvalue weighted by Crippen LogP contribution is 2.30. The highest BCUT2D eigenvalue weighted by atomic mass is 32.1. The van der Waals surface area contributed by atoms with Crippen molar-refractivity contribution in [2.45, 2.75) is 23.8 Å². The van der Waals surface area contributed by atoms with Gasteiger partial charge in [-0.3, -0.25) is 29.4 Å². The minimum Gasteiger partial charge on any atom is -0.295 e. The molecule has 0 radical (unpaired) electrons. The molecule has 1 aromatic carbocycles. The Kier molecular flexibility index (Phi) is 3.05. The fourth-order valence-electron chi connectivity index (χ4n) is 2.48. The number of carbonyl (C=O) groups excluding carboxylic acids is 4. The van der Waals surface area contributed by atoms with Crippen LogP contribution in [0.4, 0.5) is 4.39 Å². The van der Waals surface area contributed by atoms with Gasteiger partial charge in [-0.15, -0.1) is 12.6 Å². The summed E-state index contributed by atoms with van der Waals surface area (Å²) in [6, 6.07) is 1.05. The minimum absolute atomic E-state index is 0.0103. The number of imide groups is 2. The van der Waals surface area contributed by atoms with Crippen molar-refractivity contribution >= 4 is 36.3 Å². The smallest absolute Gasteiger partial charge is 0.262 e. The van der Waals surface area contributed by atoms with Gasteiger partial charge in [-0.25, -0.2) is 4.39 Å². The molecular weight excluding hydrogens is 299 g/mol. The normalized spacial score (nSPS) is 21.6. The summed E-state index contributed by atoms with van der Waals surface area (Å²) in [6.45, 7) is 0. The molecule has 1 fully saturated rings. The van der Waals surface area contributed by atoms with Gasteiger partial charge in [0.15, 0.2) is 0 Å². The molecule has 8 heteroatoms. The summed E-state index contributed by atoms with van der Waals surface area (Å²) in [5.74, 6) is -3.29. The van der Waals surface area contributed by atoms with Crippen LogP contribution in [0.15, 0.2) is 17.0 Å². The third-order valence-electron chi connectivity index (χ3n) is 3.51. The van der Waals surface area contributed by atoms with Crippen molar-refractivity contribution in [3.05, 3.63) is 29.1 Å². The van der Waals surface area contributed by atoms with Crippen LogP contribution in [0.2, 0.25) is 0 Å². The van der Waals surface area contributed by atoms with Crippen molar-refractivity contribution in [3.8, 4) is 0 Å². The molecular formula is C13H9FN2O4S. The number of fused-ring (bicyclic) bond motifs is 1. The van der Waals surface area contributed by atoms with Crippen LogP contribution in [0.1, 0.15) is 33.6 Å². The van der Waals surface area contributed by atoms with E-state index in [1.807, 2.05) is 0 Å². The lowest BCUT2D eigenvalue weighted by molar-refractivity contribution is -0.136. The van der Waals surface area contributed by atoms with E-state index in [4.69, 9.17) is 0 Å². The molecule has 1 atom stereocenters. The van der Waals surface area contributed by atoms with Crippen LogP contribution in [0.25, 0.3) is 0 Å². The second-order valence-corrected chi connectivity index (χ2v) is 5.28. The standard InChI is InChI=1S/C13H9FN2O4S/c14-7-3-5-6(4-9(7)21)13(20)16(12(5)19)8-1-2-10(17)15-11(8)18/h3-4,8,21H,1-2H2,(H,15,17,18). The first-order valence-electron chi connectivity index (χ1n) is 6.14. The number of amides is 4. The van der Waals surface area contributed by atoms with E-state index in [1.54, 1.807) is 0 Å². The summed E-state index contributed by atoms with van der Waals surface area (Å²) < 4.78 is 13.5. The molecule has 1 saturated heterocycles. The van der Waals surface area contributed by atoms with Crippen molar-refractivity contribution < 1.29 is 23.6 Å². The molecule has 2 aliphatic rings. The maximum Gasteiger partial charge on any atom is 0.262 e. The van der Waals surface area contributed by atoms with Gasteiger partial charge in [0.25, 0.3) is 11.8 Å². The first kappa shape index (κ1) is 13.7. The van der Waals surface area contributed by atoms with Gasteiger partial charge in [-0.1, -0.05) is 0 Å². The number of rotatable bonds is 1. The Labute approximate surface area is 123 Å². The topological polar surface area (TPSA) is 83.6 Å². The van der Waals surface area contributed by atoms with E-state index in [-0.39, 0.29) is 28.9 Å². The predicted octanol–water partition coefficient (Wildman–Crippen LogP) is 0.516. The zero-order chi connectivity index (χ0) is 15.3. The zero-order valence-corrected chi connectivity index (χ0v) is 11.4. The number of nitrogens with zero attached hydrogens (tertiary/aromatic N) is 1. The van der Waals surface area contributed by atoms with Crippen LogP contribution in [0.5, 0.6) is 0 Å². The number of thiol groups is 1. The van der Waals surface area contributed by atoms with Crippen LogP contribution >= 0.6 is 12.6 Å². The van der Waals surface area contributed by atoms with Gasteiger partial charge < -0.3 is 0 Å². The monoisotopic (exact) mass is 308 g/mol. The SMILES string of the molecule is O=C1CCC(N2C(=O)c3cc(F)c(S)cc3C2=O)C(=O)N1. The van der Waals surface area contributed by atoms with E-state index in [9.17, 15) is 23.6 Å². The van der Waals surface area contributed by atoms with Gasteiger partial charge >= 0.3 is 0 Å². The molecule has 21 heavy (non-hydrogen) atoms. The summed E-state index contributed by atoms with van der Waals surface area (Å²) in [5, 5.41) is 2.08. The molecule has 0 bridgehead atoms. The van der Waals surface area contributed by atoms with E-state index < -0.39 is 35.5 Å². The highest BCUT2D eigenvalue weighted by Gasteiger charge is 2.44. The molecule has 3 rings (SSSR count). The van der Waals surface area contributed by atoms with E-state index in [0.717, 1.165) is 11.0 Å². The summed E-state index contributed by atoms with van der Waals surface area (Å²) in [5.41, 5.74) is -0.0869. The molecule has 0 saturated carbocycles. The quantitative estimate of drug-likeness (QED) is 0.585. The lowest BCUT2D eigenvalue weighted by Crippen LogP contribution is -2.54. The molecule has 0 aromatic heterocycles. The fraction of sp³-hybridized carbons (Fsp3) is 0.231. The van der Waals surface area contributed by atoms with E-state index >= 15 is 0 Å². The number of halogens is 1. The number of hydrogen-bond donors (Lipinski definition) is 2. The molecule has 2 aliphatic heterocycles. The first-order chi connectivity index (χ1) is 9.90. The van der Waals surface area contributed by atoms with Crippen molar-refractivity contribution in [3.63, 3.8) is 0 Å². The predicted molar refractivity (Wildman–Crippen MR) is 70.3 cm³/mol. The third kappa shape index (κ3) is 2.02. The maximum absolute atomic E-state index is 13.5. The average Bonchev–Trinajstić information content (AvgIpc) is 2.64. The third-order valence-corrected chi connectivity index (χ3v) is 3.85. The second-order valence-electron chi connectivity index (χ2n) is 4.80. The number of piperidine rings is 1. The lowest BCUT2D eigenvalue weighted by Gasteiger charge is -2.27. The Hall–Kier alpha value is -2.22. The van der Waals surface area contributed by atoms with E-state index in [2.05, 4.69) is 17.9 Å². The van der Waals surface area contributed by atoms with Gasteiger partial charge in [-0.05, 0) is 18.6 Å². The largest absolute Gasteiger partial charge is 0.295 e. The minimum atomic E-state index is -1.05. The summed E-state index contributed by atoms with van der Waals surface area (Å²) in [6.07, 6.45) is 0.0995. The molecule has 1 N–H and O–H groups in total. The maximum atomic E-state index is 13.5. The fourth-order valence-corrected chi connectivity index (χ4v) is 2.67. The molecule has 1 aromatic rings. The Balaban J connectivity index is 2.00. The number of hydrogen-bond acceptors (Lipinski definition) is 5. The Morgan fingerprint density at radius 3 is 2.38 bits per heavy atom. The Morgan fingerprint density at radius 1 is 1.14 bits per heavy atom. The second kappa shape index (κ2) is 4.66. The van der Waals surface area contributed by atoms with Crippen molar-refractivity contribution in [1.29, 1.82) is 0 Å².